The molecule has 3 aromatic carbocycles. The Kier molecular flexibility index (Phi) is 5.33. The summed E-state index contributed by atoms with van der Waals surface area (Å²) < 4.78 is 41.6. The number of alkyl halides is 3. The summed E-state index contributed by atoms with van der Waals surface area (Å²) in [6.45, 7) is 0. The van der Waals surface area contributed by atoms with Gasteiger partial charge in [-0.3, -0.25) is 0 Å². The SMILES string of the molecule is NC(=O)Nc1cccc(C(F)(F)F)c1-c1cccc(-c2cccc(Br)c2)c1O. The minimum atomic E-state index is -4.71. The highest BCUT2D eigenvalue weighted by Crippen LogP contribution is 2.46. The molecule has 3 aromatic rings. The van der Waals surface area contributed by atoms with E-state index in [1.165, 1.54) is 18.2 Å². The number of phenols is 1. The van der Waals surface area contributed by atoms with Crippen molar-refractivity contribution in [2.45, 2.75) is 6.18 Å². The van der Waals surface area contributed by atoms with Gasteiger partial charge < -0.3 is 16.2 Å². The van der Waals surface area contributed by atoms with E-state index in [-0.39, 0.29) is 22.6 Å². The molecule has 4 N–H and O–H groups in total. The molecule has 0 radical (unpaired) electrons. The number of primary amides is 1. The zero-order chi connectivity index (χ0) is 20.5. The zero-order valence-electron chi connectivity index (χ0n) is 14.2. The first-order chi connectivity index (χ1) is 13.2. The Labute approximate surface area is 166 Å². The highest BCUT2D eigenvalue weighted by atomic mass is 79.9. The monoisotopic (exact) mass is 450 g/mol. The number of carbonyl (C=O) groups is 1. The summed E-state index contributed by atoms with van der Waals surface area (Å²) in [6, 6.07) is 13.8. The van der Waals surface area contributed by atoms with Gasteiger partial charge >= 0.3 is 12.2 Å². The van der Waals surface area contributed by atoms with E-state index in [0.29, 0.717) is 11.1 Å². The Morgan fingerprint density at radius 1 is 1.00 bits per heavy atom. The van der Waals surface area contributed by atoms with E-state index in [9.17, 15) is 23.1 Å². The van der Waals surface area contributed by atoms with Gasteiger partial charge in [0.1, 0.15) is 5.75 Å². The molecule has 2 amide bonds. The number of benzene rings is 3. The van der Waals surface area contributed by atoms with Crippen LogP contribution in [-0.4, -0.2) is 11.1 Å². The standard InChI is InChI=1S/C20H14BrF3N2O2/c21-12-5-1-4-11(10-12)13-6-2-7-14(18(13)27)17-15(20(22,23)24)8-3-9-16(17)26-19(25)28/h1-10,27H,(H3,25,26,28). The summed E-state index contributed by atoms with van der Waals surface area (Å²) >= 11 is 3.33. The van der Waals surface area contributed by atoms with Crippen molar-refractivity contribution < 1.29 is 23.1 Å². The van der Waals surface area contributed by atoms with Crippen molar-refractivity contribution in [1.82, 2.24) is 0 Å². The number of rotatable bonds is 3. The molecule has 0 aliphatic carbocycles. The Bertz CT molecular complexity index is 1050. The second kappa shape index (κ2) is 7.55. The topological polar surface area (TPSA) is 75.4 Å². The second-order valence-electron chi connectivity index (χ2n) is 5.93. The van der Waals surface area contributed by atoms with Gasteiger partial charge in [0, 0.05) is 21.2 Å². The Morgan fingerprint density at radius 2 is 1.64 bits per heavy atom. The molecule has 3 rings (SSSR count). The Balaban J connectivity index is 2.29. The maximum absolute atomic E-state index is 13.6. The fourth-order valence-electron chi connectivity index (χ4n) is 2.95. The molecule has 0 heterocycles. The largest absolute Gasteiger partial charge is 0.507 e. The van der Waals surface area contributed by atoms with E-state index in [1.807, 2.05) is 0 Å². The van der Waals surface area contributed by atoms with Gasteiger partial charge in [-0.1, -0.05) is 52.3 Å². The van der Waals surface area contributed by atoms with Gasteiger partial charge in [0.15, 0.2) is 0 Å². The molecule has 0 aromatic heterocycles. The van der Waals surface area contributed by atoms with Crippen LogP contribution in [0.15, 0.2) is 65.1 Å². The average Bonchev–Trinajstić information content (AvgIpc) is 2.61. The number of urea groups is 1. The zero-order valence-corrected chi connectivity index (χ0v) is 15.8. The third-order valence-electron chi connectivity index (χ3n) is 4.07. The molecule has 8 heteroatoms. The fourth-order valence-corrected chi connectivity index (χ4v) is 3.35. The van der Waals surface area contributed by atoms with Crippen molar-refractivity contribution in [2.75, 3.05) is 5.32 Å². The molecule has 0 aliphatic rings. The number of hydrogen-bond donors (Lipinski definition) is 3. The third-order valence-corrected chi connectivity index (χ3v) is 4.56. The predicted octanol–water partition coefficient (Wildman–Crippen LogP) is 6.00. The highest BCUT2D eigenvalue weighted by Gasteiger charge is 2.35. The summed E-state index contributed by atoms with van der Waals surface area (Å²) in [6.07, 6.45) is -4.71. The summed E-state index contributed by atoms with van der Waals surface area (Å²) in [4.78, 5) is 11.3. The molecule has 0 aliphatic heterocycles. The molecule has 28 heavy (non-hydrogen) atoms. The number of nitrogens with one attached hydrogen (secondary N) is 1. The molecule has 0 bridgehead atoms. The molecule has 0 saturated heterocycles. The van der Waals surface area contributed by atoms with Crippen molar-refractivity contribution in [3.05, 3.63) is 70.7 Å². The average molecular weight is 451 g/mol. The second-order valence-corrected chi connectivity index (χ2v) is 6.84. The van der Waals surface area contributed by atoms with Crippen molar-refractivity contribution in [2.24, 2.45) is 5.73 Å². The summed E-state index contributed by atoms with van der Waals surface area (Å²) in [5, 5.41) is 13.0. The van der Waals surface area contributed by atoms with Crippen LogP contribution in [0.5, 0.6) is 5.75 Å². The first-order valence-electron chi connectivity index (χ1n) is 8.03. The molecule has 0 fully saturated rings. The lowest BCUT2D eigenvalue weighted by Crippen LogP contribution is -2.20. The normalized spacial score (nSPS) is 11.3. The van der Waals surface area contributed by atoms with Crippen LogP contribution in [0.1, 0.15) is 5.56 Å². The van der Waals surface area contributed by atoms with Crippen LogP contribution in [0.3, 0.4) is 0 Å². The van der Waals surface area contributed by atoms with Gasteiger partial charge in [-0.25, -0.2) is 4.79 Å². The van der Waals surface area contributed by atoms with Gasteiger partial charge in [0.05, 0.1) is 11.3 Å². The van der Waals surface area contributed by atoms with Crippen LogP contribution in [0.25, 0.3) is 22.3 Å². The number of anilines is 1. The lowest BCUT2D eigenvalue weighted by molar-refractivity contribution is -0.137. The molecule has 0 unspecified atom stereocenters. The van der Waals surface area contributed by atoms with Crippen LogP contribution in [-0.2, 0) is 6.18 Å². The number of nitrogens with two attached hydrogens (primary N) is 1. The maximum atomic E-state index is 13.6. The van der Waals surface area contributed by atoms with Gasteiger partial charge in [-0.2, -0.15) is 13.2 Å². The number of hydrogen-bond acceptors (Lipinski definition) is 2. The number of amides is 2. The van der Waals surface area contributed by atoms with Crippen molar-refractivity contribution in [3.63, 3.8) is 0 Å². The number of phenolic OH excluding ortho intramolecular Hbond substituents is 1. The van der Waals surface area contributed by atoms with E-state index in [2.05, 4.69) is 21.2 Å². The van der Waals surface area contributed by atoms with E-state index in [1.54, 1.807) is 30.3 Å². The molecule has 0 saturated carbocycles. The van der Waals surface area contributed by atoms with E-state index >= 15 is 0 Å². The lowest BCUT2D eigenvalue weighted by atomic mass is 9.93. The van der Waals surface area contributed by atoms with Crippen molar-refractivity contribution in [1.29, 1.82) is 0 Å². The smallest absolute Gasteiger partial charge is 0.417 e. The van der Waals surface area contributed by atoms with Crippen molar-refractivity contribution >= 4 is 27.6 Å². The number of para-hydroxylation sites is 1. The fraction of sp³-hybridized carbons (Fsp3) is 0.0500. The molecular weight excluding hydrogens is 437 g/mol. The molecule has 0 spiro atoms. The first kappa shape index (κ1) is 19.8. The summed E-state index contributed by atoms with van der Waals surface area (Å²) in [5.41, 5.74) is 4.49. The van der Waals surface area contributed by atoms with Crippen molar-refractivity contribution in [3.8, 4) is 28.0 Å². The van der Waals surface area contributed by atoms with Gasteiger partial charge in [0.2, 0.25) is 0 Å². The van der Waals surface area contributed by atoms with Crippen LogP contribution < -0.4 is 11.1 Å². The van der Waals surface area contributed by atoms with Crippen LogP contribution in [0.2, 0.25) is 0 Å². The van der Waals surface area contributed by atoms with Gasteiger partial charge in [-0.15, -0.1) is 0 Å². The Morgan fingerprint density at radius 3 is 2.29 bits per heavy atom. The van der Waals surface area contributed by atoms with E-state index in [4.69, 9.17) is 5.73 Å². The first-order valence-corrected chi connectivity index (χ1v) is 8.82. The summed E-state index contributed by atoms with van der Waals surface area (Å²) in [7, 11) is 0. The van der Waals surface area contributed by atoms with E-state index < -0.39 is 17.8 Å². The molecule has 4 nitrogen and oxygen atoms in total. The minimum Gasteiger partial charge on any atom is -0.507 e. The summed E-state index contributed by atoms with van der Waals surface area (Å²) in [5.74, 6) is -0.343. The number of halogens is 4. The van der Waals surface area contributed by atoms with Crippen LogP contribution in [0.4, 0.5) is 23.7 Å². The highest BCUT2D eigenvalue weighted by molar-refractivity contribution is 9.10. The van der Waals surface area contributed by atoms with Gasteiger partial charge in [-0.05, 0) is 29.8 Å². The molecular formula is C20H14BrF3N2O2. The Hall–Kier alpha value is -3.00. The number of aromatic hydroxyl groups is 1. The van der Waals surface area contributed by atoms with Crippen LogP contribution in [0, 0.1) is 0 Å². The lowest BCUT2D eigenvalue weighted by Gasteiger charge is -2.19. The maximum Gasteiger partial charge on any atom is 0.417 e. The van der Waals surface area contributed by atoms with Crippen LogP contribution >= 0.6 is 15.9 Å². The minimum absolute atomic E-state index is 0.0749. The number of carbonyl (C=O) groups excluding carboxylic acids is 1. The molecule has 144 valence electrons. The van der Waals surface area contributed by atoms with E-state index in [0.717, 1.165) is 16.6 Å². The molecule has 0 atom stereocenters. The third kappa shape index (κ3) is 3.96. The van der Waals surface area contributed by atoms with Gasteiger partial charge in [0.25, 0.3) is 0 Å². The predicted molar refractivity (Wildman–Crippen MR) is 105 cm³/mol. The quantitative estimate of drug-likeness (QED) is 0.457.